The van der Waals surface area contributed by atoms with Crippen molar-refractivity contribution in [1.82, 2.24) is 0 Å². The van der Waals surface area contributed by atoms with Crippen molar-refractivity contribution in [2.45, 2.75) is 104 Å². The van der Waals surface area contributed by atoms with Crippen LogP contribution in [0.5, 0.6) is 0 Å². The largest absolute Gasteiger partial charge is 0.393 e. The predicted molar refractivity (Wildman–Crippen MR) is 113 cm³/mol. The van der Waals surface area contributed by atoms with Gasteiger partial charge in [0.15, 0.2) is 0 Å². The minimum Gasteiger partial charge on any atom is -0.393 e. The maximum Gasteiger partial charge on any atom is 0.0883 e. The Morgan fingerprint density at radius 1 is 0.929 bits per heavy atom. The van der Waals surface area contributed by atoms with Crippen LogP contribution < -0.4 is 0 Å². The summed E-state index contributed by atoms with van der Waals surface area (Å²) in [6, 6.07) is 0. The quantitative estimate of drug-likeness (QED) is 0.677. The molecule has 0 aromatic heterocycles. The second-order valence-corrected chi connectivity index (χ2v) is 11.4. The van der Waals surface area contributed by atoms with E-state index in [1.54, 1.807) is 0 Å². The second-order valence-electron chi connectivity index (χ2n) is 11.4. The lowest BCUT2D eigenvalue weighted by Gasteiger charge is -2.62. The Kier molecular flexibility index (Phi) is 5.69. The third-order valence-electron chi connectivity index (χ3n) is 10.4. The summed E-state index contributed by atoms with van der Waals surface area (Å²) < 4.78 is 5.64. The molecule has 0 radical (unpaired) electrons. The lowest BCUT2D eigenvalue weighted by atomic mass is 9.44. The molecule has 4 saturated carbocycles. The molecule has 0 aromatic carbocycles. The Morgan fingerprint density at radius 2 is 1.68 bits per heavy atom. The molecule has 4 aliphatic carbocycles. The Labute approximate surface area is 172 Å². The van der Waals surface area contributed by atoms with E-state index >= 15 is 0 Å². The van der Waals surface area contributed by atoms with Gasteiger partial charge in [-0.25, -0.2) is 0 Å². The standard InChI is InChI=1S/C25H44O3/c1-5-22(26)21-10-9-19-18-8-7-17-15-25(27,16-28-6-2)14-13-23(17,3)20(18)11-12-24(19,21)4/h17-22,26-27H,5-16H2,1-4H3/t17-,18+,19+,20+,21-,22?,23+,24+,25-/m1/s1. The minimum absolute atomic E-state index is 0.110. The molecule has 0 aromatic rings. The fourth-order valence-corrected chi connectivity index (χ4v) is 8.70. The van der Waals surface area contributed by atoms with E-state index in [0.29, 0.717) is 35.9 Å². The molecule has 0 amide bonds. The van der Waals surface area contributed by atoms with Crippen LogP contribution in [0, 0.1) is 40.4 Å². The maximum absolute atomic E-state index is 11.1. The van der Waals surface area contributed by atoms with Crippen molar-refractivity contribution in [2.24, 2.45) is 40.4 Å². The number of hydrogen-bond donors (Lipinski definition) is 2. The zero-order chi connectivity index (χ0) is 20.2. The number of hydrogen-bond acceptors (Lipinski definition) is 3. The number of rotatable bonds is 5. The van der Waals surface area contributed by atoms with Gasteiger partial charge in [-0.05, 0) is 112 Å². The number of aliphatic hydroxyl groups excluding tert-OH is 1. The molecule has 0 bridgehead atoms. The fraction of sp³-hybridized carbons (Fsp3) is 1.00. The van der Waals surface area contributed by atoms with Crippen LogP contribution in [0.1, 0.15) is 91.9 Å². The molecule has 9 atom stereocenters. The molecule has 28 heavy (non-hydrogen) atoms. The summed E-state index contributed by atoms with van der Waals surface area (Å²) in [7, 11) is 0. The first-order valence-electron chi connectivity index (χ1n) is 12.3. The van der Waals surface area contributed by atoms with Gasteiger partial charge in [-0.15, -0.1) is 0 Å². The summed E-state index contributed by atoms with van der Waals surface area (Å²) in [6.07, 6.45) is 11.6. The monoisotopic (exact) mass is 392 g/mol. The molecule has 4 fully saturated rings. The summed E-state index contributed by atoms with van der Waals surface area (Å²) in [4.78, 5) is 0. The van der Waals surface area contributed by atoms with E-state index in [1.807, 2.05) is 6.92 Å². The van der Waals surface area contributed by atoms with Crippen molar-refractivity contribution in [3.63, 3.8) is 0 Å². The van der Waals surface area contributed by atoms with Crippen molar-refractivity contribution in [3.8, 4) is 0 Å². The molecule has 2 N–H and O–H groups in total. The lowest BCUT2D eigenvalue weighted by Crippen LogP contribution is -2.57. The summed E-state index contributed by atoms with van der Waals surface area (Å²) in [5.74, 6) is 3.62. The normalized spacial score (nSPS) is 51.9. The topological polar surface area (TPSA) is 49.7 Å². The van der Waals surface area contributed by atoms with Crippen LogP contribution in [-0.2, 0) is 4.74 Å². The number of fused-ring (bicyclic) bond motifs is 5. The van der Waals surface area contributed by atoms with E-state index in [-0.39, 0.29) is 6.10 Å². The average molecular weight is 393 g/mol. The molecular formula is C25H44O3. The van der Waals surface area contributed by atoms with Gasteiger partial charge in [0.1, 0.15) is 0 Å². The van der Waals surface area contributed by atoms with E-state index in [4.69, 9.17) is 4.74 Å². The molecule has 162 valence electrons. The van der Waals surface area contributed by atoms with E-state index < -0.39 is 5.60 Å². The summed E-state index contributed by atoms with van der Waals surface area (Å²) >= 11 is 0. The zero-order valence-corrected chi connectivity index (χ0v) is 18.8. The fourth-order valence-electron chi connectivity index (χ4n) is 8.70. The number of aliphatic hydroxyl groups is 2. The molecule has 3 heteroatoms. The van der Waals surface area contributed by atoms with Crippen molar-refractivity contribution in [1.29, 1.82) is 0 Å². The van der Waals surface area contributed by atoms with Gasteiger partial charge in [0.05, 0.1) is 18.3 Å². The van der Waals surface area contributed by atoms with Gasteiger partial charge in [-0.2, -0.15) is 0 Å². The van der Waals surface area contributed by atoms with E-state index in [0.717, 1.165) is 43.4 Å². The Morgan fingerprint density at radius 3 is 2.39 bits per heavy atom. The molecule has 1 unspecified atom stereocenters. The molecule has 4 rings (SSSR count). The van der Waals surface area contributed by atoms with Gasteiger partial charge in [0, 0.05) is 6.61 Å². The van der Waals surface area contributed by atoms with Gasteiger partial charge in [-0.1, -0.05) is 20.8 Å². The van der Waals surface area contributed by atoms with Gasteiger partial charge >= 0.3 is 0 Å². The van der Waals surface area contributed by atoms with Gasteiger partial charge < -0.3 is 14.9 Å². The Bertz CT molecular complexity index is 564. The molecular weight excluding hydrogens is 348 g/mol. The first-order chi connectivity index (χ1) is 13.3. The van der Waals surface area contributed by atoms with Crippen LogP contribution in [0.3, 0.4) is 0 Å². The van der Waals surface area contributed by atoms with Crippen LogP contribution in [0.25, 0.3) is 0 Å². The molecule has 4 aliphatic rings. The van der Waals surface area contributed by atoms with Crippen molar-refractivity contribution < 1.29 is 14.9 Å². The van der Waals surface area contributed by atoms with Gasteiger partial charge in [0.25, 0.3) is 0 Å². The highest BCUT2D eigenvalue weighted by Crippen LogP contribution is 2.68. The third-order valence-corrected chi connectivity index (χ3v) is 10.4. The third kappa shape index (κ3) is 3.19. The van der Waals surface area contributed by atoms with Crippen LogP contribution in [0.2, 0.25) is 0 Å². The lowest BCUT2D eigenvalue weighted by molar-refractivity contribution is -0.167. The highest BCUT2D eigenvalue weighted by Gasteiger charge is 2.61. The van der Waals surface area contributed by atoms with E-state index in [2.05, 4.69) is 20.8 Å². The molecule has 0 heterocycles. The molecule has 0 aliphatic heterocycles. The van der Waals surface area contributed by atoms with Crippen LogP contribution in [0.4, 0.5) is 0 Å². The Balaban J connectivity index is 1.52. The molecule has 3 nitrogen and oxygen atoms in total. The highest BCUT2D eigenvalue weighted by molar-refractivity contribution is 5.11. The zero-order valence-electron chi connectivity index (χ0n) is 18.8. The molecule has 0 spiro atoms. The number of ether oxygens (including phenoxy) is 1. The van der Waals surface area contributed by atoms with Crippen LogP contribution in [0.15, 0.2) is 0 Å². The summed E-state index contributed by atoms with van der Waals surface area (Å²) in [6.45, 7) is 10.4. The van der Waals surface area contributed by atoms with E-state index in [9.17, 15) is 10.2 Å². The van der Waals surface area contributed by atoms with Crippen LogP contribution in [-0.4, -0.2) is 35.1 Å². The predicted octanol–water partition coefficient (Wildman–Crippen LogP) is 5.18. The van der Waals surface area contributed by atoms with Gasteiger partial charge in [-0.3, -0.25) is 0 Å². The highest BCUT2D eigenvalue weighted by atomic mass is 16.5. The summed E-state index contributed by atoms with van der Waals surface area (Å²) in [5, 5.41) is 21.8. The SMILES string of the molecule is CCOC[C@@]1(O)CC[C@@]2(C)[C@H](CC[C@@H]3[C@@H]2CC[C@]2(C)[C@@H](C(O)CC)CC[C@@H]32)C1. The van der Waals surface area contributed by atoms with Crippen molar-refractivity contribution in [3.05, 3.63) is 0 Å². The van der Waals surface area contributed by atoms with E-state index in [1.165, 1.54) is 38.5 Å². The smallest absolute Gasteiger partial charge is 0.0883 e. The molecule has 0 saturated heterocycles. The summed E-state index contributed by atoms with van der Waals surface area (Å²) in [5.41, 5.74) is 0.147. The van der Waals surface area contributed by atoms with Crippen molar-refractivity contribution in [2.75, 3.05) is 13.2 Å². The first kappa shape index (κ1) is 21.1. The minimum atomic E-state index is -0.597. The first-order valence-corrected chi connectivity index (χ1v) is 12.3. The second kappa shape index (κ2) is 7.54. The van der Waals surface area contributed by atoms with Crippen LogP contribution >= 0.6 is 0 Å². The maximum atomic E-state index is 11.1. The Hall–Kier alpha value is -0.120. The van der Waals surface area contributed by atoms with Crippen molar-refractivity contribution >= 4 is 0 Å². The van der Waals surface area contributed by atoms with Gasteiger partial charge in [0.2, 0.25) is 0 Å². The average Bonchev–Trinajstić information content (AvgIpc) is 3.04.